The highest BCUT2D eigenvalue weighted by Crippen LogP contribution is 2.34. The Kier molecular flexibility index (Phi) is 4.71. The van der Waals surface area contributed by atoms with Crippen molar-refractivity contribution in [1.82, 2.24) is 0 Å². The smallest absolute Gasteiger partial charge is 0.101 e. The van der Waals surface area contributed by atoms with Crippen molar-refractivity contribution < 1.29 is 0 Å². The monoisotopic (exact) mass is 340 g/mol. The number of hydrogen-bond acceptors (Lipinski definition) is 2. The zero-order valence-electron chi connectivity index (χ0n) is 12.3. The molecule has 0 fully saturated rings. The summed E-state index contributed by atoms with van der Waals surface area (Å²) in [6.07, 6.45) is 6.72. The summed E-state index contributed by atoms with van der Waals surface area (Å²) in [5.74, 6) is 0. The summed E-state index contributed by atoms with van der Waals surface area (Å²) in [5, 5.41) is 10.9. The van der Waals surface area contributed by atoms with Gasteiger partial charge in [0.2, 0.25) is 0 Å². The molecule has 1 atom stereocenters. The van der Waals surface area contributed by atoms with E-state index < -0.39 is 0 Å². The number of halogens is 2. The predicted octanol–water partition coefficient (Wildman–Crippen LogP) is 5.80. The van der Waals surface area contributed by atoms with E-state index in [2.05, 4.69) is 17.0 Å². The molecule has 0 aliphatic heterocycles. The molecule has 0 saturated heterocycles. The molecular weight excluding hydrogens is 327 g/mol. The van der Waals surface area contributed by atoms with Gasteiger partial charge >= 0.3 is 0 Å². The summed E-state index contributed by atoms with van der Waals surface area (Å²) in [6, 6.07) is 17.6. The fourth-order valence-electron chi connectivity index (χ4n) is 2.66. The second-order valence-corrected chi connectivity index (χ2v) is 6.10. The Morgan fingerprint density at radius 1 is 1.04 bits per heavy atom. The van der Waals surface area contributed by atoms with Gasteiger partial charge in [-0.25, -0.2) is 0 Å². The van der Waals surface area contributed by atoms with Gasteiger partial charge in [-0.2, -0.15) is 5.26 Å². The summed E-state index contributed by atoms with van der Waals surface area (Å²) in [7, 11) is 0. The molecule has 2 nitrogen and oxygen atoms in total. The van der Waals surface area contributed by atoms with Gasteiger partial charge in [-0.1, -0.05) is 47.5 Å². The molecule has 3 rings (SSSR count). The molecule has 1 unspecified atom stereocenters. The third kappa shape index (κ3) is 3.42. The lowest BCUT2D eigenvalue weighted by Crippen LogP contribution is -2.30. The average Bonchev–Trinajstić information content (AvgIpc) is 2.59. The average molecular weight is 341 g/mol. The molecule has 23 heavy (non-hydrogen) atoms. The lowest BCUT2D eigenvalue weighted by molar-refractivity contribution is 0.782. The number of rotatable bonds is 3. The molecule has 1 aliphatic rings. The summed E-state index contributed by atoms with van der Waals surface area (Å²) in [6.45, 7) is 0. The number of hydrogen-bond donors (Lipinski definition) is 0. The van der Waals surface area contributed by atoms with Crippen LogP contribution >= 0.6 is 23.2 Å². The van der Waals surface area contributed by atoms with Gasteiger partial charge in [0.1, 0.15) is 6.07 Å². The van der Waals surface area contributed by atoms with Crippen molar-refractivity contribution in [2.75, 3.05) is 4.90 Å². The Morgan fingerprint density at radius 3 is 2.43 bits per heavy atom. The van der Waals surface area contributed by atoms with E-state index in [1.807, 2.05) is 60.7 Å². The molecular formula is C19H14Cl2N2. The van der Waals surface area contributed by atoms with Crippen molar-refractivity contribution in [1.29, 1.82) is 5.26 Å². The van der Waals surface area contributed by atoms with E-state index in [1.54, 1.807) is 0 Å². The highest BCUT2D eigenvalue weighted by atomic mass is 35.5. The molecule has 0 saturated carbocycles. The third-order valence-corrected chi connectivity index (χ3v) is 4.28. The van der Waals surface area contributed by atoms with Crippen LogP contribution in [0.2, 0.25) is 5.02 Å². The third-order valence-electron chi connectivity index (χ3n) is 3.75. The van der Waals surface area contributed by atoms with Crippen molar-refractivity contribution in [3.8, 4) is 6.07 Å². The Hall–Kier alpha value is -2.21. The number of para-hydroxylation sites is 1. The zero-order chi connectivity index (χ0) is 16.2. The summed E-state index contributed by atoms with van der Waals surface area (Å²) in [4.78, 5) is 2.14. The number of nitrogens with zero attached hydrogens (tertiary/aromatic N) is 2. The van der Waals surface area contributed by atoms with E-state index >= 15 is 0 Å². The highest BCUT2D eigenvalue weighted by molar-refractivity contribution is 6.31. The molecule has 0 spiro atoms. The van der Waals surface area contributed by atoms with Gasteiger partial charge in [-0.3, -0.25) is 0 Å². The number of allylic oxidation sites excluding steroid dienone is 2. The molecule has 1 aliphatic carbocycles. The molecule has 0 radical (unpaired) electrons. The van der Waals surface area contributed by atoms with Crippen molar-refractivity contribution in [2.45, 2.75) is 12.5 Å². The van der Waals surface area contributed by atoms with Crippen molar-refractivity contribution in [3.63, 3.8) is 0 Å². The van der Waals surface area contributed by atoms with Crippen LogP contribution in [0.15, 0.2) is 71.8 Å². The molecule has 4 heteroatoms. The van der Waals surface area contributed by atoms with Crippen LogP contribution in [0.1, 0.15) is 12.0 Å². The van der Waals surface area contributed by atoms with Crippen LogP contribution in [-0.4, -0.2) is 6.04 Å². The van der Waals surface area contributed by atoms with Gasteiger partial charge in [-0.15, -0.1) is 0 Å². The van der Waals surface area contributed by atoms with Gasteiger partial charge in [0, 0.05) is 15.7 Å². The standard InChI is InChI=1S/C19H14Cl2N2/c20-15-5-9-17(10-6-15)23(18-11-7-16(21)8-12-18)19-4-2-1-3-14(19)13-22/h1-11,18H,12H2. The first kappa shape index (κ1) is 15.7. The predicted molar refractivity (Wildman–Crippen MR) is 96.2 cm³/mol. The fourth-order valence-corrected chi connectivity index (χ4v) is 2.95. The van der Waals surface area contributed by atoms with Gasteiger partial charge in [-0.05, 0) is 48.9 Å². The number of benzene rings is 2. The first-order valence-corrected chi connectivity index (χ1v) is 8.02. The quantitative estimate of drug-likeness (QED) is 0.705. The molecule has 0 heterocycles. The lowest BCUT2D eigenvalue weighted by atomic mass is 10.0. The van der Waals surface area contributed by atoms with E-state index in [9.17, 15) is 5.26 Å². The first-order valence-electron chi connectivity index (χ1n) is 7.27. The zero-order valence-corrected chi connectivity index (χ0v) is 13.8. The SMILES string of the molecule is N#Cc1ccccc1N(c1ccc(Cl)cc1)C1C=CC(Cl)=CC1. The van der Waals surface area contributed by atoms with E-state index in [4.69, 9.17) is 23.2 Å². The van der Waals surface area contributed by atoms with E-state index in [-0.39, 0.29) is 6.04 Å². The van der Waals surface area contributed by atoms with Crippen LogP contribution < -0.4 is 4.90 Å². The van der Waals surface area contributed by atoms with Gasteiger partial charge in [0.15, 0.2) is 0 Å². The van der Waals surface area contributed by atoms with Crippen LogP contribution in [0.4, 0.5) is 11.4 Å². The van der Waals surface area contributed by atoms with Crippen molar-refractivity contribution in [2.24, 2.45) is 0 Å². The Bertz CT molecular complexity index is 801. The second kappa shape index (κ2) is 6.91. The topological polar surface area (TPSA) is 27.0 Å². The van der Waals surface area contributed by atoms with Crippen molar-refractivity contribution in [3.05, 3.63) is 82.4 Å². The van der Waals surface area contributed by atoms with Crippen LogP contribution in [0.25, 0.3) is 0 Å². The fraction of sp³-hybridized carbons (Fsp3) is 0.105. The van der Waals surface area contributed by atoms with Crippen LogP contribution in [0.5, 0.6) is 0 Å². The number of anilines is 2. The second-order valence-electron chi connectivity index (χ2n) is 5.23. The Labute approximate surface area is 145 Å². The van der Waals surface area contributed by atoms with Gasteiger partial charge in [0.05, 0.1) is 17.3 Å². The Balaban J connectivity index is 2.09. The molecule has 0 N–H and O–H groups in total. The Morgan fingerprint density at radius 2 is 1.78 bits per heavy atom. The maximum absolute atomic E-state index is 9.45. The maximum Gasteiger partial charge on any atom is 0.101 e. The number of nitriles is 1. The first-order chi connectivity index (χ1) is 11.2. The highest BCUT2D eigenvalue weighted by Gasteiger charge is 2.22. The van der Waals surface area contributed by atoms with Crippen LogP contribution in [-0.2, 0) is 0 Å². The van der Waals surface area contributed by atoms with Crippen LogP contribution in [0.3, 0.4) is 0 Å². The van der Waals surface area contributed by atoms with E-state index in [0.29, 0.717) is 10.6 Å². The summed E-state index contributed by atoms with van der Waals surface area (Å²) in [5.41, 5.74) is 2.49. The normalized spacial score (nSPS) is 16.6. The molecule has 2 aromatic carbocycles. The molecule has 2 aromatic rings. The largest absolute Gasteiger partial charge is 0.333 e. The molecule has 0 bridgehead atoms. The maximum atomic E-state index is 9.45. The minimum atomic E-state index is 0.0909. The minimum absolute atomic E-state index is 0.0909. The van der Waals surface area contributed by atoms with Gasteiger partial charge in [0.25, 0.3) is 0 Å². The lowest BCUT2D eigenvalue weighted by Gasteiger charge is -2.33. The molecule has 0 amide bonds. The summed E-state index contributed by atoms with van der Waals surface area (Å²) >= 11 is 12.1. The minimum Gasteiger partial charge on any atom is -0.333 e. The molecule has 114 valence electrons. The summed E-state index contributed by atoms with van der Waals surface area (Å²) < 4.78 is 0. The van der Waals surface area contributed by atoms with Gasteiger partial charge < -0.3 is 4.90 Å². The van der Waals surface area contributed by atoms with E-state index in [0.717, 1.165) is 22.8 Å². The van der Waals surface area contributed by atoms with E-state index in [1.165, 1.54) is 0 Å². The molecule has 0 aromatic heterocycles. The van der Waals surface area contributed by atoms with Crippen LogP contribution in [0, 0.1) is 11.3 Å². The van der Waals surface area contributed by atoms with Crippen molar-refractivity contribution >= 4 is 34.6 Å².